The van der Waals surface area contributed by atoms with E-state index in [0.717, 1.165) is 13.0 Å². The molecular weight excluding hydrogens is 276 g/mol. The summed E-state index contributed by atoms with van der Waals surface area (Å²) in [6.07, 6.45) is 1.32. The van der Waals surface area contributed by atoms with Crippen LogP contribution in [0.2, 0.25) is 0 Å². The molecule has 21 heavy (non-hydrogen) atoms. The van der Waals surface area contributed by atoms with E-state index >= 15 is 0 Å². The number of methoxy groups -OCH3 is 2. The molecule has 0 aromatic carbocycles. The molecule has 1 atom stereocenters. The normalized spacial score (nSPS) is 18.2. The Balaban J connectivity index is 0.000000400. The van der Waals surface area contributed by atoms with E-state index in [4.69, 9.17) is 14.7 Å². The lowest BCUT2D eigenvalue weighted by Gasteiger charge is -2.12. The Morgan fingerprint density at radius 3 is 2.29 bits per heavy atom. The summed E-state index contributed by atoms with van der Waals surface area (Å²) < 4.78 is 9.55. The predicted molar refractivity (Wildman–Crippen MR) is 77.9 cm³/mol. The van der Waals surface area contributed by atoms with Gasteiger partial charge in [0.25, 0.3) is 0 Å². The van der Waals surface area contributed by atoms with Gasteiger partial charge in [0.05, 0.1) is 19.8 Å². The SMILES string of the molecule is CCCN(O)CCOC.COCCN1C(=O)CC(C)C1=O. The third-order valence-electron chi connectivity index (χ3n) is 3.02. The van der Waals surface area contributed by atoms with Crippen molar-refractivity contribution in [3.05, 3.63) is 0 Å². The van der Waals surface area contributed by atoms with Crippen LogP contribution in [0.1, 0.15) is 26.7 Å². The van der Waals surface area contributed by atoms with Crippen LogP contribution in [0, 0.1) is 5.92 Å². The molecule has 0 bridgehead atoms. The summed E-state index contributed by atoms with van der Waals surface area (Å²) in [6, 6.07) is 0. The Labute approximate surface area is 126 Å². The van der Waals surface area contributed by atoms with Crippen molar-refractivity contribution in [1.29, 1.82) is 0 Å². The van der Waals surface area contributed by atoms with Gasteiger partial charge in [-0.05, 0) is 6.42 Å². The van der Waals surface area contributed by atoms with Gasteiger partial charge in [0.2, 0.25) is 11.8 Å². The first-order valence-electron chi connectivity index (χ1n) is 7.23. The molecule has 0 saturated carbocycles. The van der Waals surface area contributed by atoms with Crippen LogP contribution in [-0.4, -0.2) is 74.1 Å². The molecule has 0 aromatic heterocycles. The van der Waals surface area contributed by atoms with Gasteiger partial charge in [-0.2, -0.15) is 5.06 Å². The molecule has 2 amide bonds. The molecule has 0 aliphatic carbocycles. The van der Waals surface area contributed by atoms with Gasteiger partial charge in [0.15, 0.2) is 0 Å². The van der Waals surface area contributed by atoms with Crippen LogP contribution >= 0.6 is 0 Å². The number of rotatable bonds is 8. The molecule has 1 aliphatic rings. The predicted octanol–water partition coefficient (Wildman–Crippen LogP) is 0.762. The average molecular weight is 304 g/mol. The highest BCUT2D eigenvalue weighted by molar-refractivity contribution is 6.03. The van der Waals surface area contributed by atoms with Gasteiger partial charge >= 0.3 is 0 Å². The van der Waals surface area contributed by atoms with Gasteiger partial charge in [0, 0.05) is 39.6 Å². The third kappa shape index (κ3) is 8.11. The number of likely N-dealkylation sites (tertiary alicyclic amines) is 1. The second-order valence-electron chi connectivity index (χ2n) is 4.93. The zero-order valence-corrected chi connectivity index (χ0v) is 13.5. The molecule has 1 saturated heterocycles. The van der Waals surface area contributed by atoms with E-state index in [2.05, 4.69) is 0 Å². The van der Waals surface area contributed by atoms with Crippen molar-refractivity contribution in [2.45, 2.75) is 26.7 Å². The van der Waals surface area contributed by atoms with Crippen molar-refractivity contribution < 1.29 is 24.3 Å². The first-order chi connectivity index (χ1) is 9.97. The molecule has 7 nitrogen and oxygen atoms in total. The monoisotopic (exact) mass is 304 g/mol. The van der Waals surface area contributed by atoms with Crippen molar-refractivity contribution in [1.82, 2.24) is 9.96 Å². The number of hydrogen-bond donors (Lipinski definition) is 1. The maximum absolute atomic E-state index is 11.3. The summed E-state index contributed by atoms with van der Waals surface area (Å²) in [7, 11) is 3.17. The molecule has 1 rings (SSSR count). The van der Waals surface area contributed by atoms with E-state index in [1.165, 1.54) is 9.96 Å². The summed E-state index contributed by atoms with van der Waals surface area (Å²) in [5.74, 6) is -0.295. The molecule has 1 aliphatic heterocycles. The van der Waals surface area contributed by atoms with Crippen molar-refractivity contribution in [2.75, 3.05) is 47.1 Å². The van der Waals surface area contributed by atoms with Crippen LogP contribution in [0.15, 0.2) is 0 Å². The smallest absolute Gasteiger partial charge is 0.232 e. The van der Waals surface area contributed by atoms with E-state index in [1.54, 1.807) is 21.1 Å². The van der Waals surface area contributed by atoms with Crippen LogP contribution in [0.4, 0.5) is 0 Å². The van der Waals surface area contributed by atoms with Crippen LogP contribution in [0.3, 0.4) is 0 Å². The Morgan fingerprint density at radius 1 is 1.24 bits per heavy atom. The number of carbonyl (C=O) groups excluding carboxylic acids is 2. The molecule has 0 spiro atoms. The van der Waals surface area contributed by atoms with Gasteiger partial charge in [-0.15, -0.1) is 0 Å². The molecule has 0 aromatic rings. The average Bonchev–Trinajstić information content (AvgIpc) is 2.69. The van der Waals surface area contributed by atoms with Crippen LogP contribution in [0.25, 0.3) is 0 Å². The Hall–Kier alpha value is -1.02. The van der Waals surface area contributed by atoms with Crippen molar-refractivity contribution in [3.8, 4) is 0 Å². The van der Waals surface area contributed by atoms with E-state index in [9.17, 15) is 9.59 Å². The minimum absolute atomic E-state index is 0.0722. The highest BCUT2D eigenvalue weighted by atomic mass is 16.5. The Kier molecular flexibility index (Phi) is 11.1. The molecule has 124 valence electrons. The molecule has 1 fully saturated rings. The maximum Gasteiger partial charge on any atom is 0.232 e. The Morgan fingerprint density at radius 2 is 1.86 bits per heavy atom. The second kappa shape index (κ2) is 11.6. The van der Waals surface area contributed by atoms with Gasteiger partial charge in [-0.1, -0.05) is 13.8 Å². The lowest BCUT2D eigenvalue weighted by molar-refractivity contribution is -0.139. The van der Waals surface area contributed by atoms with E-state index in [1.807, 2.05) is 6.92 Å². The third-order valence-corrected chi connectivity index (χ3v) is 3.02. The second-order valence-corrected chi connectivity index (χ2v) is 4.93. The molecule has 0 radical (unpaired) electrons. The number of nitrogens with zero attached hydrogens (tertiary/aromatic N) is 2. The molecule has 7 heteroatoms. The number of ether oxygens (including phenoxy) is 2. The first-order valence-corrected chi connectivity index (χ1v) is 7.23. The topological polar surface area (TPSA) is 79.3 Å². The lowest BCUT2D eigenvalue weighted by atomic mass is 10.1. The lowest BCUT2D eigenvalue weighted by Crippen LogP contribution is -2.33. The number of carbonyl (C=O) groups is 2. The van der Waals surface area contributed by atoms with Gasteiger partial charge < -0.3 is 14.7 Å². The number of amides is 2. The largest absolute Gasteiger partial charge is 0.383 e. The van der Waals surface area contributed by atoms with Crippen molar-refractivity contribution in [2.24, 2.45) is 5.92 Å². The highest BCUT2D eigenvalue weighted by Gasteiger charge is 2.34. The van der Waals surface area contributed by atoms with Crippen molar-refractivity contribution >= 4 is 11.8 Å². The quantitative estimate of drug-likeness (QED) is 0.527. The standard InChI is InChI=1S/C8H13NO3.C6H15NO2/c1-6-5-7(10)9(8(6)11)3-4-12-2;1-3-4-7(8)5-6-9-2/h6H,3-5H2,1-2H3;8H,3-6H2,1-2H3. The zero-order chi connectivity index (χ0) is 16.3. The fraction of sp³-hybridized carbons (Fsp3) is 0.857. The van der Waals surface area contributed by atoms with Gasteiger partial charge in [-0.25, -0.2) is 0 Å². The summed E-state index contributed by atoms with van der Waals surface area (Å²) in [4.78, 5) is 23.7. The van der Waals surface area contributed by atoms with Crippen LogP contribution < -0.4 is 0 Å². The molecular formula is C14H28N2O5. The van der Waals surface area contributed by atoms with E-state index in [-0.39, 0.29) is 17.7 Å². The van der Waals surface area contributed by atoms with E-state index in [0.29, 0.717) is 32.7 Å². The fourth-order valence-corrected chi connectivity index (χ4v) is 1.83. The maximum atomic E-state index is 11.3. The molecule has 1 unspecified atom stereocenters. The molecule has 1 heterocycles. The van der Waals surface area contributed by atoms with E-state index < -0.39 is 0 Å². The zero-order valence-electron chi connectivity index (χ0n) is 13.5. The van der Waals surface area contributed by atoms with Gasteiger partial charge in [-0.3, -0.25) is 14.5 Å². The minimum Gasteiger partial charge on any atom is -0.383 e. The fourth-order valence-electron chi connectivity index (χ4n) is 1.83. The first kappa shape index (κ1) is 20.0. The number of imide groups is 1. The highest BCUT2D eigenvalue weighted by Crippen LogP contribution is 2.17. The summed E-state index contributed by atoms with van der Waals surface area (Å²) >= 11 is 0. The van der Waals surface area contributed by atoms with Crippen LogP contribution in [-0.2, 0) is 19.1 Å². The van der Waals surface area contributed by atoms with Crippen molar-refractivity contribution in [3.63, 3.8) is 0 Å². The summed E-state index contributed by atoms with van der Waals surface area (Å²) in [6.45, 7) is 6.52. The Bertz CT molecular complexity index is 312. The summed E-state index contributed by atoms with van der Waals surface area (Å²) in [5, 5.41) is 10.2. The number of hydrogen-bond acceptors (Lipinski definition) is 6. The van der Waals surface area contributed by atoms with Crippen LogP contribution in [0.5, 0.6) is 0 Å². The molecule has 1 N–H and O–H groups in total. The number of hydroxylamine groups is 2. The summed E-state index contributed by atoms with van der Waals surface area (Å²) in [5.41, 5.74) is 0. The van der Waals surface area contributed by atoms with Gasteiger partial charge in [0.1, 0.15) is 0 Å². The minimum atomic E-state index is -0.144.